The topological polar surface area (TPSA) is 25.8 Å². The van der Waals surface area contributed by atoms with Crippen molar-refractivity contribution in [2.75, 3.05) is 0 Å². The molecule has 0 saturated carbocycles. The van der Waals surface area contributed by atoms with E-state index in [-0.39, 0.29) is 0 Å². The Morgan fingerprint density at radius 2 is 1.90 bits per heavy atom. The Balaban J connectivity index is 1.69. The highest BCUT2D eigenvalue weighted by molar-refractivity contribution is 7.98. The molecule has 21 heavy (non-hydrogen) atoms. The molecule has 0 aliphatic carbocycles. The summed E-state index contributed by atoms with van der Waals surface area (Å²) < 4.78 is 38.4. The van der Waals surface area contributed by atoms with Crippen molar-refractivity contribution >= 4 is 33.3 Å². The highest BCUT2D eigenvalue weighted by Crippen LogP contribution is 2.31. The first-order valence-electron chi connectivity index (χ1n) is 6.03. The van der Waals surface area contributed by atoms with Crippen LogP contribution in [0.25, 0.3) is 10.2 Å². The van der Waals surface area contributed by atoms with Gasteiger partial charge in [-0.2, -0.15) is 13.2 Å². The molecule has 0 unspecified atom stereocenters. The number of thiazole rings is 1. The van der Waals surface area contributed by atoms with Crippen LogP contribution in [-0.4, -0.2) is 9.97 Å². The number of halogens is 3. The third-order valence-electron chi connectivity index (χ3n) is 2.75. The molecule has 0 spiro atoms. The van der Waals surface area contributed by atoms with Gasteiger partial charge < -0.3 is 0 Å². The number of thioether (sulfide) groups is 1. The summed E-state index contributed by atoms with van der Waals surface area (Å²) in [6, 6.07) is 10.3. The third kappa shape index (κ3) is 3.36. The maximum Gasteiger partial charge on any atom is 0.417 e. The van der Waals surface area contributed by atoms with Crippen LogP contribution in [0.5, 0.6) is 0 Å². The zero-order chi connectivity index (χ0) is 14.9. The predicted octanol–water partition coefficient (Wildman–Crippen LogP) is 5.00. The molecule has 2 heterocycles. The fraction of sp³-hybridized carbons (Fsp3) is 0.143. The fourth-order valence-corrected chi connectivity index (χ4v) is 3.55. The molecule has 0 atom stereocenters. The second kappa shape index (κ2) is 5.65. The van der Waals surface area contributed by atoms with Crippen LogP contribution in [0.15, 0.2) is 47.6 Å². The number of hydrogen-bond acceptors (Lipinski definition) is 4. The molecular formula is C14H9F3N2S2. The Bertz CT molecular complexity index is 718. The first kappa shape index (κ1) is 14.3. The molecular weight excluding hydrogens is 317 g/mol. The van der Waals surface area contributed by atoms with Gasteiger partial charge in [0.2, 0.25) is 0 Å². The molecule has 0 radical (unpaired) electrons. The maximum atomic E-state index is 12.4. The van der Waals surface area contributed by atoms with E-state index in [9.17, 15) is 13.2 Å². The zero-order valence-electron chi connectivity index (χ0n) is 10.6. The Labute approximate surface area is 127 Å². The molecule has 2 aromatic heterocycles. The van der Waals surface area contributed by atoms with Gasteiger partial charge in [0.15, 0.2) is 0 Å². The molecule has 0 fully saturated rings. The van der Waals surface area contributed by atoms with Crippen molar-refractivity contribution < 1.29 is 13.2 Å². The zero-order valence-corrected chi connectivity index (χ0v) is 12.2. The Morgan fingerprint density at radius 1 is 1.10 bits per heavy atom. The van der Waals surface area contributed by atoms with Crippen LogP contribution < -0.4 is 0 Å². The minimum Gasteiger partial charge on any atom is -0.249 e. The molecule has 0 aliphatic rings. The normalized spacial score (nSPS) is 12.0. The number of alkyl halides is 3. The van der Waals surface area contributed by atoms with Gasteiger partial charge in [-0.25, -0.2) is 9.97 Å². The number of nitrogens with zero attached hydrogens (tertiary/aromatic N) is 2. The van der Waals surface area contributed by atoms with Gasteiger partial charge in [0, 0.05) is 6.20 Å². The van der Waals surface area contributed by atoms with Crippen LogP contribution in [0.1, 0.15) is 10.6 Å². The summed E-state index contributed by atoms with van der Waals surface area (Å²) in [5.41, 5.74) is 0.213. The van der Waals surface area contributed by atoms with Gasteiger partial charge in [0.25, 0.3) is 0 Å². The molecule has 3 aromatic rings. The average Bonchev–Trinajstić information content (AvgIpc) is 2.87. The summed E-state index contributed by atoms with van der Waals surface area (Å²) in [4.78, 5) is 8.31. The van der Waals surface area contributed by atoms with Crippen LogP contribution in [-0.2, 0) is 11.9 Å². The first-order chi connectivity index (χ1) is 10.0. The molecule has 0 bridgehead atoms. The molecule has 108 valence electrons. The third-order valence-corrected chi connectivity index (χ3v) is 4.92. The lowest BCUT2D eigenvalue weighted by Gasteiger charge is -2.06. The van der Waals surface area contributed by atoms with E-state index in [1.807, 2.05) is 24.3 Å². The van der Waals surface area contributed by atoms with Crippen molar-refractivity contribution in [3.05, 3.63) is 53.2 Å². The number of fused-ring (bicyclic) bond motifs is 1. The SMILES string of the molecule is FC(F)(F)c1ccc(SCc2nc3ccccc3s2)nc1. The van der Waals surface area contributed by atoms with Crippen molar-refractivity contribution in [3.8, 4) is 0 Å². The second-order valence-corrected chi connectivity index (χ2v) is 6.36. The lowest BCUT2D eigenvalue weighted by Crippen LogP contribution is -2.05. The Hall–Kier alpha value is -1.60. The van der Waals surface area contributed by atoms with Crippen LogP contribution in [0, 0.1) is 0 Å². The molecule has 1 aromatic carbocycles. The van der Waals surface area contributed by atoms with Gasteiger partial charge >= 0.3 is 6.18 Å². The largest absolute Gasteiger partial charge is 0.417 e. The Morgan fingerprint density at radius 3 is 2.57 bits per heavy atom. The number of rotatable bonds is 3. The highest BCUT2D eigenvalue weighted by atomic mass is 32.2. The van der Waals surface area contributed by atoms with E-state index >= 15 is 0 Å². The summed E-state index contributed by atoms with van der Waals surface area (Å²) in [6.07, 6.45) is -3.48. The Kier molecular flexibility index (Phi) is 3.86. The summed E-state index contributed by atoms with van der Waals surface area (Å²) in [5.74, 6) is 0.595. The lowest BCUT2D eigenvalue weighted by molar-refractivity contribution is -0.137. The highest BCUT2D eigenvalue weighted by Gasteiger charge is 2.30. The summed E-state index contributed by atoms with van der Waals surface area (Å²) >= 11 is 2.96. The van der Waals surface area contributed by atoms with Gasteiger partial charge in [0.05, 0.1) is 26.6 Å². The molecule has 0 saturated heterocycles. The van der Waals surface area contributed by atoms with Gasteiger partial charge in [-0.3, -0.25) is 0 Å². The minimum absolute atomic E-state index is 0.558. The van der Waals surface area contributed by atoms with Gasteiger partial charge in [0.1, 0.15) is 5.01 Å². The van der Waals surface area contributed by atoms with Crippen LogP contribution >= 0.6 is 23.1 Å². The molecule has 3 rings (SSSR count). The van der Waals surface area contributed by atoms with Crippen LogP contribution in [0.2, 0.25) is 0 Å². The van der Waals surface area contributed by atoms with E-state index < -0.39 is 11.7 Å². The van der Waals surface area contributed by atoms with Gasteiger partial charge in [-0.05, 0) is 24.3 Å². The predicted molar refractivity (Wildman–Crippen MR) is 78.4 cm³/mol. The standard InChI is InChI=1S/C14H9F3N2S2/c15-14(16,17)9-5-6-12(18-7-9)20-8-13-19-10-3-1-2-4-11(10)21-13/h1-7H,8H2. The van der Waals surface area contributed by atoms with Crippen molar-refractivity contribution in [1.29, 1.82) is 0 Å². The maximum absolute atomic E-state index is 12.4. The number of aromatic nitrogens is 2. The summed E-state index contributed by atoms with van der Waals surface area (Å²) in [7, 11) is 0. The van der Waals surface area contributed by atoms with Crippen molar-refractivity contribution in [1.82, 2.24) is 9.97 Å². The van der Waals surface area contributed by atoms with E-state index in [1.165, 1.54) is 17.8 Å². The number of pyridine rings is 1. The molecule has 0 amide bonds. The quantitative estimate of drug-likeness (QED) is 0.633. The van der Waals surface area contributed by atoms with Crippen molar-refractivity contribution in [3.63, 3.8) is 0 Å². The van der Waals surface area contributed by atoms with Crippen LogP contribution in [0.3, 0.4) is 0 Å². The second-order valence-electron chi connectivity index (χ2n) is 4.25. The van der Waals surface area contributed by atoms with Crippen molar-refractivity contribution in [2.24, 2.45) is 0 Å². The smallest absolute Gasteiger partial charge is 0.249 e. The van der Waals surface area contributed by atoms with Gasteiger partial charge in [-0.15, -0.1) is 11.3 Å². The molecule has 0 aliphatic heterocycles. The van der Waals surface area contributed by atoms with E-state index in [4.69, 9.17) is 0 Å². The molecule has 0 N–H and O–H groups in total. The first-order valence-corrected chi connectivity index (χ1v) is 7.83. The lowest BCUT2D eigenvalue weighted by atomic mass is 10.3. The van der Waals surface area contributed by atoms with E-state index in [2.05, 4.69) is 9.97 Å². The summed E-state index contributed by atoms with van der Waals surface area (Å²) in [6.45, 7) is 0. The fourth-order valence-electron chi connectivity index (χ4n) is 1.75. The van der Waals surface area contributed by atoms with Gasteiger partial charge in [-0.1, -0.05) is 23.9 Å². The minimum atomic E-state index is -4.34. The number of hydrogen-bond donors (Lipinski definition) is 0. The average molecular weight is 326 g/mol. The van der Waals surface area contributed by atoms with E-state index in [1.54, 1.807) is 11.3 Å². The number of benzene rings is 1. The number of para-hydroxylation sites is 1. The molecule has 2 nitrogen and oxygen atoms in total. The molecule has 7 heteroatoms. The van der Waals surface area contributed by atoms with E-state index in [0.29, 0.717) is 10.8 Å². The monoisotopic (exact) mass is 326 g/mol. The van der Waals surface area contributed by atoms with Crippen LogP contribution in [0.4, 0.5) is 13.2 Å². The van der Waals surface area contributed by atoms with E-state index in [0.717, 1.165) is 27.5 Å². The summed E-state index contributed by atoms with van der Waals surface area (Å²) in [5, 5.41) is 1.49. The van der Waals surface area contributed by atoms with Crippen molar-refractivity contribution in [2.45, 2.75) is 17.0 Å².